The fraction of sp³-hybridized carbons (Fsp3) is 0.350. The summed E-state index contributed by atoms with van der Waals surface area (Å²) < 4.78 is 10.4. The minimum absolute atomic E-state index is 0.146. The number of carboxylic acid groups (broad SMARTS) is 1. The molecule has 2 aromatic rings. The first-order chi connectivity index (χ1) is 13.2. The average molecular weight is 388 g/mol. The molecule has 0 fully saturated rings. The van der Waals surface area contributed by atoms with Crippen molar-refractivity contribution in [2.45, 2.75) is 33.2 Å². The van der Waals surface area contributed by atoms with E-state index in [2.05, 4.69) is 10.3 Å². The number of nitrogens with one attached hydrogen (secondary N) is 2. The molecule has 3 N–H and O–H groups in total. The maximum Gasteiger partial charge on any atom is 0.305 e. The Morgan fingerprint density at radius 2 is 1.79 bits per heavy atom. The molecule has 0 aliphatic carbocycles. The number of Topliss-reactive ketones (excluding diaryl/α,β-unsaturated/α-hetero) is 1. The van der Waals surface area contributed by atoms with E-state index in [1.165, 1.54) is 21.1 Å². The minimum atomic E-state index is -1.07. The van der Waals surface area contributed by atoms with Crippen molar-refractivity contribution in [2.75, 3.05) is 14.2 Å². The van der Waals surface area contributed by atoms with E-state index < -0.39 is 17.9 Å². The second-order valence-electron chi connectivity index (χ2n) is 6.42. The quantitative estimate of drug-likeness (QED) is 0.599. The Morgan fingerprint density at radius 3 is 2.29 bits per heavy atom. The van der Waals surface area contributed by atoms with Gasteiger partial charge < -0.3 is 24.9 Å². The van der Waals surface area contributed by atoms with Crippen LogP contribution in [0.15, 0.2) is 18.2 Å². The van der Waals surface area contributed by atoms with Crippen molar-refractivity contribution in [3.8, 4) is 11.5 Å². The van der Waals surface area contributed by atoms with Crippen molar-refractivity contribution in [2.24, 2.45) is 0 Å². The number of carbonyl (C=O) groups excluding carboxylic acids is 2. The Labute approximate surface area is 162 Å². The lowest BCUT2D eigenvalue weighted by Gasteiger charge is -2.19. The van der Waals surface area contributed by atoms with E-state index in [1.54, 1.807) is 32.0 Å². The van der Waals surface area contributed by atoms with Crippen molar-refractivity contribution >= 4 is 17.7 Å². The molecule has 0 aliphatic rings. The summed E-state index contributed by atoms with van der Waals surface area (Å²) in [5.74, 6) is -0.783. The molecule has 0 bridgehead atoms. The summed E-state index contributed by atoms with van der Waals surface area (Å²) in [6.45, 7) is 4.82. The van der Waals surface area contributed by atoms with Gasteiger partial charge in [-0.25, -0.2) is 0 Å². The number of methoxy groups -OCH3 is 2. The summed E-state index contributed by atoms with van der Waals surface area (Å²) in [6.07, 6.45) is -0.320. The smallest absolute Gasteiger partial charge is 0.305 e. The van der Waals surface area contributed by atoms with Gasteiger partial charge in [-0.2, -0.15) is 0 Å². The molecular weight excluding hydrogens is 364 g/mol. The van der Waals surface area contributed by atoms with Crippen LogP contribution in [0.25, 0.3) is 0 Å². The van der Waals surface area contributed by atoms with Gasteiger partial charge in [0.25, 0.3) is 5.91 Å². The summed E-state index contributed by atoms with van der Waals surface area (Å²) in [6, 6.07) is 4.14. The van der Waals surface area contributed by atoms with Crippen LogP contribution >= 0.6 is 0 Å². The van der Waals surface area contributed by atoms with E-state index >= 15 is 0 Å². The molecule has 1 unspecified atom stereocenters. The van der Waals surface area contributed by atoms with Gasteiger partial charge in [-0.15, -0.1) is 0 Å². The lowest BCUT2D eigenvalue weighted by atomic mass is 10.0. The van der Waals surface area contributed by atoms with E-state index in [-0.39, 0.29) is 17.9 Å². The summed E-state index contributed by atoms with van der Waals surface area (Å²) in [4.78, 5) is 38.8. The predicted molar refractivity (Wildman–Crippen MR) is 102 cm³/mol. The zero-order chi connectivity index (χ0) is 21.0. The third-order valence-electron chi connectivity index (χ3n) is 4.51. The first-order valence-corrected chi connectivity index (χ1v) is 8.64. The molecule has 1 atom stereocenters. The average Bonchev–Trinajstić information content (AvgIpc) is 2.94. The Kier molecular flexibility index (Phi) is 6.45. The van der Waals surface area contributed by atoms with E-state index in [9.17, 15) is 19.5 Å². The number of benzene rings is 1. The highest BCUT2D eigenvalue weighted by atomic mass is 16.5. The Hall–Kier alpha value is -3.29. The third kappa shape index (κ3) is 4.33. The van der Waals surface area contributed by atoms with Gasteiger partial charge in [-0.05, 0) is 44.0 Å². The van der Waals surface area contributed by atoms with Crippen LogP contribution < -0.4 is 14.8 Å². The van der Waals surface area contributed by atoms with Crippen LogP contribution in [0.2, 0.25) is 0 Å². The van der Waals surface area contributed by atoms with Gasteiger partial charge in [-0.3, -0.25) is 14.4 Å². The van der Waals surface area contributed by atoms with Crippen LogP contribution in [0.5, 0.6) is 11.5 Å². The maximum atomic E-state index is 12.8. The summed E-state index contributed by atoms with van der Waals surface area (Å²) >= 11 is 0. The normalized spacial score (nSPS) is 11.6. The SMILES string of the molecule is COc1ccc(C(CC(=O)O)NC(=O)c2[nH]c(C)c(C(C)=O)c2C)cc1OC. The number of carbonyl (C=O) groups is 3. The van der Waals surface area contributed by atoms with Crippen molar-refractivity contribution < 1.29 is 29.0 Å². The number of ketones is 1. The Morgan fingerprint density at radius 1 is 1.14 bits per heavy atom. The standard InChI is InChI=1S/C20H24N2O6/c1-10-18(12(3)23)11(2)21-19(10)20(26)22-14(9-17(24)25)13-6-7-15(27-4)16(8-13)28-5/h6-8,14,21H,9H2,1-5H3,(H,22,26)(H,24,25). The van der Waals surface area contributed by atoms with Crippen LogP contribution in [-0.4, -0.2) is 42.0 Å². The first kappa shape index (κ1) is 21.0. The number of carboxylic acids is 1. The van der Waals surface area contributed by atoms with Crippen LogP contribution in [-0.2, 0) is 4.79 Å². The highest BCUT2D eigenvalue weighted by Gasteiger charge is 2.24. The van der Waals surface area contributed by atoms with Gasteiger partial charge in [0.05, 0.1) is 26.7 Å². The summed E-state index contributed by atoms with van der Waals surface area (Å²) in [7, 11) is 2.97. The van der Waals surface area contributed by atoms with Gasteiger partial charge in [0, 0.05) is 11.3 Å². The maximum absolute atomic E-state index is 12.8. The molecule has 28 heavy (non-hydrogen) atoms. The predicted octanol–water partition coefficient (Wildman–Crippen LogP) is 2.80. The Balaban J connectivity index is 2.38. The third-order valence-corrected chi connectivity index (χ3v) is 4.51. The number of aliphatic carboxylic acids is 1. The number of hydrogen-bond acceptors (Lipinski definition) is 5. The van der Waals surface area contributed by atoms with Gasteiger partial charge >= 0.3 is 5.97 Å². The fourth-order valence-electron chi connectivity index (χ4n) is 3.23. The monoisotopic (exact) mass is 388 g/mol. The minimum Gasteiger partial charge on any atom is -0.493 e. The fourth-order valence-corrected chi connectivity index (χ4v) is 3.23. The van der Waals surface area contributed by atoms with E-state index in [0.717, 1.165) is 0 Å². The molecular formula is C20H24N2O6. The van der Waals surface area contributed by atoms with E-state index in [0.29, 0.717) is 33.9 Å². The van der Waals surface area contributed by atoms with E-state index in [4.69, 9.17) is 9.47 Å². The largest absolute Gasteiger partial charge is 0.493 e. The highest BCUT2D eigenvalue weighted by molar-refractivity contribution is 6.02. The van der Waals surface area contributed by atoms with Crippen LogP contribution in [0.1, 0.15) is 57.1 Å². The number of amides is 1. The molecule has 0 saturated heterocycles. The molecule has 2 rings (SSSR count). The summed E-state index contributed by atoms with van der Waals surface area (Å²) in [5.41, 5.74) is 2.38. The second-order valence-corrected chi connectivity index (χ2v) is 6.42. The lowest BCUT2D eigenvalue weighted by molar-refractivity contribution is -0.137. The molecule has 0 saturated carbocycles. The van der Waals surface area contributed by atoms with E-state index in [1.807, 2.05) is 0 Å². The van der Waals surface area contributed by atoms with Gasteiger partial charge in [-0.1, -0.05) is 6.07 Å². The number of hydrogen-bond donors (Lipinski definition) is 3. The lowest BCUT2D eigenvalue weighted by Crippen LogP contribution is -2.31. The molecule has 1 aromatic carbocycles. The molecule has 0 aliphatic heterocycles. The number of rotatable bonds is 8. The molecule has 0 radical (unpaired) electrons. The van der Waals surface area contributed by atoms with Crippen LogP contribution in [0.4, 0.5) is 0 Å². The zero-order valence-corrected chi connectivity index (χ0v) is 16.5. The van der Waals surface area contributed by atoms with Crippen molar-refractivity contribution in [1.82, 2.24) is 10.3 Å². The van der Waals surface area contributed by atoms with Gasteiger partial charge in [0.2, 0.25) is 0 Å². The van der Waals surface area contributed by atoms with Crippen molar-refractivity contribution in [3.63, 3.8) is 0 Å². The molecule has 1 aromatic heterocycles. The Bertz CT molecular complexity index is 916. The van der Waals surface area contributed by atoms with Gasteiger partial charge in [0.15, 0.2) is 17.3 Å². The number of ether oxygens (including phenoxy) is 2. The molecule has 8 heteroatoms. The first-order valence-electron chi connectivity index (χ1n) is 8.64. The van der Waals surface area contributed by atoms with Crippen LogP contribution in [0, 0.1) is 13.8 Å². The molecule has 1 heterocycles. The number of aromatic nitrogens is 1. The topological polar surface area (TPSA) is 118 Å². The number of aromatic amines is 1. The highest BCUT2D eigenvalue weighted by Crippen LogP contribution is 2.31. The van der Waals surface area contributed by atoms with Crippen molar-refractivity contribution in [1.29, 1.82) is 0 Å². The molecule has 8 nitrogen and oxygen atoms in total. The molecule has 0 spiro atoms. The van der Waals surface area contributed by atoms with Gasteiger partial charge in [0.1, 0.15) is 5.69 Å². The summed E-state index contributed by atoms with van der Waals surface area (Å²) in [5, 5.41) is 12.0. The van der Waals surface area contributed by atoms with Crippen LogP contribution in [0.3, 0.4) is 0 Å². The van der Waals surface area contributed by atoms with Crippen molar-refractivity contribution in [3.05, 3.63) is 46.3 Å². The molecule has 1 amide bonds. The molecule has 150 valence electrons. The zero-order valence-electron chi connectivity index (χ0n) is 16.5. The second kappa shape index (κ2) is 8.60. The number of H-pyrrole nitrogens is 1. The number of aryl methyl sites for hydroxylation is 1.